The number of fused-ring (bicyclic) bond motifs is 1. The summed E-state index contributed by atoms with van der Waals surface area (Å²) in [6.45, 7) is 0.911. The summed E-state index contributed by atoms with van der Waals surface area (Å²) in [5, 5.41) is 2.82. The number of hydrogen-bond donors (Lipinski definition) is 0. The summed E-state index contributed by atoms with van der Waals surface area (Å²) in [4.78, 5) is 14.2. The summed E-state index contributed by atoms with van der Waals surface area (Å²) in [6.07, 6.45) is 0. The SMILES string of the molecule is CN(CCOc1cccc(Cl)c1)C(=O)c1ccc2ccccc2c1. The summed E-state index contributed by atoms with van der Waals surface area (Å²) in [5.74, 6) is 0.685. The molecular weight excluding hydrogens is 322 g/mol. The van der Waals surface area contributed by atoms with Crippen LogP contribution in [-0.2, 0) is 0 Å². The lowest BCUT2D eigenvalue weighted by Gasteiger charge is -2.18. The van der Waals surface area contributed by atoms with Crippen LogP contribution in [0.25, 0.3) is 10.8 Å². The molecule has 24 heavy (non-hydrogen) atoms. The smallest absolute Gasteiger partial charge is 0.253 e. The summed E-state index contributed by atoms with van der Waals surface area (Å²) >= 11 is 5.92. The Morgan fingerprint density at radius 3 is 2.58 bits per heavy atom. The zero-order valence-electron chi connectivity index (χ0n) is 13.4. The topological polar surface area (TPSA) is 29.5 Å². The van der Waals surface area contributed by atoms with Crippen molar-refractivity contribution in [2.45, 2.75) is 0 Å². The average molecular weight is 340 g/mol. The number of hydrogen-bond acceptors (Lipinski definition) is 2. The number of ether oxygens (including phenoxy) is 1. The number of carbonyl (C=O) groups excluding carboxylic acids is 1. The van der Waals surface area contributed by atoms with E-state index in [4.69, 9.17) is 16.3 Å². The number of amides is 1. The Kier molecular flexibility index (Phi) is 5.02. The normalized spacial score (nSPS) is 10.6. The molecule has 3 aromatic rings. The molecule has 0 unspecified atom stereocenters. The predicted molar refractivity (Wildman–Crippen MR) is 97.9 cm³/mol. The van der Waals surface area contributed by atoms with Crippen LogP contribution in [0.2, 0.25) is 5.02 Å². The molecular formula is C20H18ClNO2. The highest BCUT2D eigenvalue weighted by Crippen LogP contribution is 2.18. The Hall–Kier alpha value is -2.52. The number of rotatable bonds is 5. The summed E-state index contributed by atoms with van der Waals surface area (Å²) in [5.41, 5.74) is 0.680. The number of nitrogens with zero attached hydrogens (tertiary/aromatic N) is 1. The third kappa shape index (κ3) is 3.87. The zero-order chi connectivity index (χ0) is 16.9. The first kappa shape index (κ1) is 16.3. The minimum atomic E-state index is -0.0181. The third-order valence-electron chi connectivity index (χ3n) is 3.83. The van der Waals surface area contributed by atoms with Gasteiger partial charge in [0.25, 0.3) is 5.91 Å². The van der Waals surface area contributed by atoms with Gasteiger partial charge in [-0.1, -0.05) is 48.0 Å². The molecule has 0 heterocycles. The van der Waals surface area contributed by atoms with Crippen LogP contribution in [0.4, 0.5) is 0 Å². The Morgan fingerprint density at radius 1 is 1.00 bits per heavy atom. The monoisotopic (exact) mass is 339 g/mol. The van der Waals surface area contributed by atoms with Gasteiger partial charge in [-0.05, 0) is 41.1 Å². The van der Waals surface area contributed by atoms with E-state index in [1.807, 2.05) is 54.6 Å². The van der Waals surface area contributed by atoms with Crippen molar-refractivity contribution in [3.05, 3.63) is 77.3 Å². The first-order valence-electron chi connectivity index (χ1n) is 7.76. The van der Waals surface area contributed by atoms with Crippen LogP contribution in [0.15, 0.2) is 66.7 Å². The highest BCUT2D eigenvalue weighted by molar-refractivity contribution is 6.30. The second-order valence-corrected chi connectivity index (χ2v) is 6.03. The second-order valence-electron chi connectivity index (χ2n) is 5.59. The predicted octanol–water partition coefficient (Wildman–Crippen LogP) is 4.64. The van der Waals surface area contributed by atoms with Crippen LogP contribution in [0.3, 0.4) is 0 Å². The van der Waals surface area contributed by atoms with Crippen LogP contribution in [0.1, 0.15) is 10.4 Å². The maximum absolute atomic E-state index is 12.5. The molecule has 0 atom stereocenters. The average Bonchev–Trinajstić information content (AvgIpc) is 2.60. The fourth-order valence-corrected chi connectivity index (χ4v) is 2.68. The molecule has 0 radical (unpaired) electrons. The Labute approximate surface area is 146 Å². The molecule has 0 N–H and O–H groups in total. The standard InChI is InChI=1S/C20H18ClNO2/c1-22(11-12-24-19-8-4-7-18(21)14-19)20(23)17-10-9-15-5-2-3-6-16(15)13-17/h2-10,13-14H,11-12H2,1H3. The van der Waals surface area contributed by atoms with Crippen LogP contribution in [0.5, 0.6) is 5.75 Å². The van der Waals surface area contributed by atoms with Crippen molar-refractivity contribution in [1.29, 1.82) is 0 Å². The molecule has 3 nitrogen and oxygen atoms in total. The van der Waals surface area contributed by atoms with Gasteiger partial charge in [-0.3, -0.25) is 4.79 Å². The van der Waals surface area contributed by atoms with Gasteiger partial charge < -0.3 is 9.64 Å². The Balaban J connectivity index is 1.61. The van der Waals surface area contributed by atoms with Gasteiger partial charge in [0.05, 0.1) is 6.54 Å². The first-order valence-corrected chi connectivity index (χ1v) is 8.14. The summed E-state index contributed by atoms with van der Waals surface area (Å²) < 4.78 is 5.64. The van der Waals surface area contributed by atoms with Crippen molar-refractivity contribution in [2.24, 2.45) is 0 Å². The Morgan fingerprint density at radius 2 is 1.79 bits per heavy atom. The third-order valence-corrected chi connectivity index (χ3v) is 4.07. The highest BCUT2D eigenvalue weighted by atomic mass is 35.5. The van der Waals surface area contributed by atoms with E-state index >= 15 is 0 Å². The largest absolute Gasteiger partial charge is 0.492 e. The van der Waals surface area contributed by atoms with Crippen LogP contribution in [-0.4, -0.2) is 31.0 Å². The molecule has 0 spiro atoms. The highest BCUT2D eigenvalue weighted by Gasteiger charge is 2.12. The van der Waals surface area contributed by atoms with Gasteiger partial charge in [-0.15, -0.1) is 0 Å². The molecule has 0 bridgehead atoms. The van der Waals surface area contributed by atoms with Crippen molar-refractivity contribution >= 4 is 28.3 Å². The molecule has 0 aliphatic rings. The lowest BCUT2D eigenvalue weighted by atomic mass is 10.1. The number of benzene rings is 3. The lowest BCUT2D eigenvalue weighted by Crippen LogP contribution is -2.30. The lowest BCUT2D eigenvalue weighted by molar-refractivity contribution is 0.0774. The maximum atomic E-state index is 12.5. The number of carbonyl (C=O) groups is 1. The van der Waals surface area contributed by atoms with Crippen molar-refractivity contribution in [3.8, 4) is 5.75 Å². The summed E-state index contributed by atoms with van der Waals surface area (Å²) in [6, 6.07) is 21.0. The fourth-order valence-electron chi connectivity index (χ4n) is 2.50. The van der Waals surface area contributed by atoms with Gasteiger partial charge in [-0.25, -0.2) is 0 Å². The minimum absolute atomic E-state index is 0.0181. The quantitative estimate of drug-likeness (QED) is 0.677. The van der Waals surface area contributed by atoms with Gasteiger partial charge in [0.15, 0.2) is 0 Å². The second kappa shape index (κ2) is 7.37. The van der Waals surface area contributed by atoms with E-state index < -0.39 is 0 Å². The molecule has 0 saturated carbocycles. The molecule has 0 saturated heterocycles. The fraction of sp³-hybridized carbons (Fsp3) is 0.150. The summed E-state index contributed by atoms with van der Waals surface area (Å²) in [7, 11) is 1.78. The molecule has 122 valence electrons. The van der Waals surface area contributed by atoms with Gasteiger partial charge >= 0.3 is 0 Å². The van der Waals surface area contributed by atoms with E-state index in [9.17, 15) is 4.79 Å². The molecule has 0 aliphatic carbocycles. The van der Waals surface area contributed by atoms with Gasteiger partial charge in [-0.2, -0.15) is 0 Å². The number of likely N-dealkylation sites (N-methyl/N-ethyl adjacent to an activating group) is 1. The molecule has 3 aromatic carbocycles. The van der Waals surface area contributed by atoms with E-state index in [-0.39, 0.29) is 5.91 Å². The van der Waals surface area contributed by atoms with Crippen LogP contribution >= 0.6 is 11.6 Å². The molecule has 0 aromatic heterocycles. The van der Waals surface area contributed by atoms with Gasteiger partial charge in [0.1, 0.15) is 12.4 Å². The molecule has 3 rings (SSSR count). The van der Waals surface area contributed by atoms with Crippen LogP contribution in [0, 0.1) is 0 Å². The van der Waals surface area contributed by atoms with Gasteiger partial charge in [0.2, 0.25) is 0 Å². The molecule has 0 aliphatic heterocycles. The van der Waals surface area contributed by atoms with Crippen LogP contribution < -0.4 is 4.74 Å². The molecule has 0 fully saturated rings. The van der Waals surface area contributed by atoms with Crippen molar-refractivity contribution < 1.29 is 9.53 Å². The van der Waals surface area contributed by atoms with E-state index in [2.05, 4.69) is 0 Å². The first-order chi connectivity index (χ1) is 11.6. The Bertz CT molecular complexity index is 863. The minimum Gasteiger partial charge on any atom is -0.492 e. The van der Waals surface area contributed by atoms with E-state index in [1.165, 1.54) is 0 Å². The van der Waals surface area contributed by atoms with Crippen molar-refractivity contribution in [2.75, 3.05) is 20.2 Å². The zero-order valence-corrected chi connectivity index (χ0v) is 14.2. The molecule has 1 amide bonds. The van der Waals surface area contributed by atoms with Crippen molar-refractivity contribution in [1.82, 2.24) is 4.90 Å². The van der Waals surface area contributed by atoms with Crippen molar-refractivity contribution in [3.63, 3.8) is 0 Å². The number of halogens is 1. The van der Waals surface area contributed by atoms with E-state index in [1.54, 1.807) is 24.1 Å². The van der Waals surface area contributed by atoms with E-state index in [0.29, 0.717) is 29.5 Å². The maximum Gasteiger partial charge on any atom is 0.253 e. The van der Waals surface area contributed by atoms with Gasteiger partial charge in [0, 0.05) is 17.6 Å². The van der Waals surface area contributed by atoms with E-state index in [0.717, 1.165) is 10.8 Å². The molecule has 4 heteroatoms.